The fourth-order valence-corrected chi connectivity index (χ4v) is 1.42. The van der Waals surface area contributed by atoms with Crippen molar-refractivity contribution in [2.45, 2.75) is 23.8 Å². The fraction of sp³-hybridized carbons (Fsp3) is 0.300. The zero-order chi connectivity index (χ0) is 9.26. The molecule has 0 radical (unpaired) electrons. The van der Waals surface area contributed by atoms with Crippen molar-refractivity contribution in [3.8, 4) is 0 Å². The summed E-state index contributed by atoms with van der Waals surface area (Å²) in [5, 5.41) is 2.92. The Balaban J connectivity index is 2.13. The summed E-state index contributed by atoms with van der Waals surface area (Å²) in [5.74, 6) is -0.00639. The van der Waals surface area contributed by atoms with Crippen LogP contribution in [0.5, 0.6) is 0 Å². The van der Waals surface area contributed by atoms with E-state index < -0.39 is 0 Å². The number of thiol groups is 1. The first-order chi connectivity index (χ1) is 6.27. The Bertz CT molecular complexity index is 333. The van der Waals surface area contributed by atoms with E-state index in [1.165, 1.54) is 0 Å². The molecule has 1 aromatic carbocycles. The highest BCUT2D eigenvalue weighted by atomic mass is 32.1. The fourth-order valence-electron chi connectivity index (χ4n) is 1.16. The van der Waals surface area contributed by atoms with Crippen LogP contribution in [0.1, 0.15) is 23.2 Å². The Morgan fingerprint density at radius 2 is 2.08 bits per heavy atom. The Morgan fingerprint density at radius 1 is 1.38 bits per heavy atom. The molecule has 2 nitrogen and oxygen atoms in total. The van der Waals surface area contributed by atoms with Crippen LogP contribution < -0.4 is 5.32 Å². The molecule has 1 fully saturated rings. The van der Waals surface area contributed by atoms with Gasteiger partial charge in [-0.05, 0) is 25.0 Å². The average Bonchev–Trinajstić information content (AvgIpc) is 2.89. The van der Waals surface area contributed by atoms with Gasteiger partial charge in [-0.2, -0.15) is 0 Å². The van der Waals surface area contributed by atoms with Crippen molar-refractivity contribution in [2.75, 3.05) is 0 Å². The van der Waals surface area contributed by atoms with Gasteiger partial charge in [-0.3, -0.25) is 4.79 Å². The van der Waals surface area contributed by atoms with Crippen LogP contribution in [-0.2, 0) is 0 Å². The Hall–Kier alpha value is -0.960. The molecule has 2 rings (SSSR count). The molecule has 1 aromatic rings. The van der Waals surface area contributed by atoms with E-state index in [0.717, 1.165) is 17.7 Å². The first-order valence-electron chi connectivity index (χ1n) is 4.36. The molecular formula is C10H11NOS. The van der Waals surface area contributed by atoms with E-state index in [2.05, 4.69) is 17.9 Å². The van der Waals surface area contributed by atoms with Crippen LogP contribution in [0.2, 0.25) is 0 Å². The number of hydrogen-bond donors (Lipinski definition) is 2. The lowest BCUT2D eigenvalue weighted by Gasteiger charge is -2.04. The van der Waals surface area contributed by atoms with Crippen molar-refractivity contribution in [3.63, 3.8) is 0 Å². The lowest BCUT2D eigenvalue weighted by molar-refractivity contribution is 0.0948. The summed E-state index contributed by atoms with van der Waals surface area (Å²) >= 11 is 4.22. The van der Waals surface area contributed by atoms with Crippen molar-refractivity contribution < 1.29 is 4.79 Å². The molecule has 1 aliphatic carbocycles. The first-order valence-corrected chi connectivity index (χ1v) is 4.81. The van der Waals surface area contributed by atoms with Gasteiger partial charge in [0.25, 0.3) is 5.91 Å². The van der Waals surface area contributed by atoms with Gasteiger partial charge in [0.05, 0.1) is 5.56 Å². The molecule has 68 valence electrons. The minimum absolute atomic E-state index is 0.00639. The summed E-state index contributed by atoms with van der Waals surface area (Å²) in [7, 11) is 0. The van der Waals surface area contributed by atoms with Gasteiger partial charge in [0.15, 0.2) is 0 Å². The third kappa shape index (κ3) is 2.04. The maximum absolute atomic E-state index is 11.6. The second-order valence-corrected chi connectivity index (χ2v) is 3.75. The largest absolute Gasteiger partial charge is 0.349 e. The minimum atomic E-state index is -0.00639. The van der Waals surface area contributed by atoms with Gasteiger partial charge in [0, 0.05) is 10.9 Å². The van der Waals surface area contributed by atoms with Gasteiger partial charge in [-0.15, -0.1) is 12.6 Å². The Morgan fingerprint density at radius 3 is 2.69 bits per heavy atom. The summed E-state index contributed by atoms with van der Waals surface area (Å²) in [4.78, 5) is 12.3. The van der Waals surface area contributed by atoms with Crippen molar-refractivity contribution in [3.05, 3.63) is 29.8 Å². The van der Waals surface area contributed by atoms with Crippen LogP contribution in [0.3, 0.4) is 0 Å². The van der Waals surface area contributed by atoms with Gasteiger partial charge in [0.2, 0.25) is 0 Å². The van der Waals surface area contributed by atoms with Gasteiger partial charge >= 0.3 is 0 Å². The van der Waals surface area contributed by atoms with E-state index >= 15 is 0 Å². The molecule has 0 heterocycles. The van der Waals surface area contributed by atoms with Crippen LogP contribution in [0, 0.1) is 0 Å². The molecule has 0 spiro atoms. The zero-order valence-corrected chi connectivity index (χ0v) is 8.05. The Labute approximate surface area is 82.8 Å². The lowest BCUT2D eigenvalue weighted by atomic mass is 10.2. The number of hydrogen-bond acceptors (Lipinski definition) is 2. The molecule has 0 saturated heterocycles. The van der Waals surface area contributed by atoms with Crippen LogP contribution in [-0.4, -0.2) is 11.9 Å². The summed E-state index contributed by atoms with van der Waals surface area (Å²) in [5.41, 5.74) is 0.665. The molecular weight excluding hydrogens is 182 g/mol. The van der Waals surface area contributed by atoms with Crippen LogP contribution >= 0.6 is 12.6 Å². The van der Waals surface area contributed by atoms with Crippen LogP contribution in [0.25, 0.3) is 0 Å². The first kappa shape index (κ1) is 8.63. The number of nitrogens with one attached hydrogen (secondary N) is 1. The van der Waals surface area contributed by atoms with Gasteiger partial charge in [-0.25, -0.2) is 0 Å². The van der Waals surface area contributed by atoms with Gasteiger partial charge in [0.1, 0.15) is 0 Å². The lowest BCUT2D eigenvalue weighted by Crippen LogP contribution is -2.25. The molecule has 1 N–H and O–H groups in total. The van der Waals surface area contributed by atoms with Crippen molar-refractivity contribution in [1.82, 2.24) is 5.32 Å². The number of carbonyl (C=O) groups is 1. The maximum atomic E-state index is 11.6. The number of carbonyl (C=O) groups excluding carboxylic acids is 1. The average molecular weight is 193 g/mol. The summed E-state index contributed by atoms with van der Waals surface area (Å²) in [6, 6.07) is 7.74. The molecule has 0 unspecified atom stereocenters. The van der Waals surface area contributed by atoms with Gasteiger partial charge < -0.3 is 5.32 Å². The van der Waals surface area contributed by atoms with Crippen LogP contribution in [0.4, 0.5) is 0 Å². The number of rotatable bonds is 2. The second kappa shape index (κ2) is 3.42. The van der Waals surface area contributed by atoms with E-state index in [4.69, 9.17) is 0 Å². The van der Waals surface area contributed by atoms with Crippen LogP contribution in [0.15, 0.2) is 29.2 Å². The van der Waals surface area contributed by atoms with E-state index in [9.17, 15) is 4.79 Å². The van der Waals surface area contributed by atoms with E-state index in [-0.39, 0.29) is 5.91 Å². The standard InChI is InChI=1S/C10H11NOS/c12-10(11-7-5-6-7)8-3-1-2-4-9(8)13/h1-4,7,13H,5-6H2,(H,11,12). The highest BCUT2D eigenvalue weighted by Crippen LogP contribution is 2.20. The maximum Gasteiger partial charge on any atom is 0.252 e. The molecule has 0 bridgehead atoms. The normalized spacial score (nSPS) is 15.5. The third-order valence-electron chi connectivity index (χ3n) is 2.06. The highest BCUT2D eigenvalue weighted by molar-refractivity contribution is 7.80. The number of amides is 1. The quantitative estimate of drug-likeness (QED) is 0.690. The summed E-state index contributed by atoms with van der Waals surface area (Å²) in [6.07, 6.45) is 2.22. The van der Waals surface area contributed by atoms with E-state index in [1.54, 1.807) is 6.07 Å². The predicted octanol–water partition coefficient (Wildman–Crippen LogP) is 1.87. The SMILES string of the molecule is O=C(NC1CC1)c1ccccc1S. The second-order valence-electron chi connectivity index (χ2n) is 3.26. The third-order valence-corrected chi connectivity index (χ3v) is 2.45. The molecule has 0 atom stereocenters. The van der Waals surface area contributed by atoms with E-state index in [0.29, 0.717) is 11.6 Å². The molecule has 3 heteroatoms. The topological polar surface area (TPSA) is 29.1 Å². The molecule has 13 heavy (non-hydrogen) atoms. The Kier molecular flexibility index (Phi) is 2.27. The van der Waals surface area contributed by atoms with Crippen molar-refractivity contribution in [2.24, 2.45) is 0 Å². The zero-order valence-electron chi connectivity index (χ0n) is 7.16. The predicted molar refractivity (Wildman–Crippen MR) is 54.2 cm³/mol. The molecule has 0 aromatic heterocycles. The highest BCUT2D eigenvalue weighted by Gasteiger charge is 2.24. The van der Waals surface area contributed by atoms with Gasteiger partial charge in [-0.1, -0.05) is 12.1 Å². The monoisotopic (exact) mass is 193 g/mol. The van der Waals surface area contributed by atoms with E-state index in [1.807, 2.05) is 18.2 Å². The summed E-state index contributed by atoms with van der Waals surface area (Å²) in [6.45, 7) is 0. The molecule has 1 aliphatic rings. The minimum Gasteiger partial charge on any atom is -0.349 e. The molecule has 0 aliphatic heterocycles. The number of benzene rings is 1. The molecule has 1 saturated carbocycles. The smallest absolute Gasteiger partial charge is 0.252 e. The molecule has 1 amide bonds. The van der Waals surface area contributed by atoms with Crippen molar-refractivity contribution in [1.29, 1.82) is 0 Å². The van der Waals surface area contributed by atoms with Crippen molar-refractivity contribution >= 4 is 18.5 Å². The summed E-state index contributed by atoms with van der Waals surface area (Å²) < 4.78 is 0.